The van der Waals surface area contributed by atoms with Gasteiger partial charge < -0.3 is 16.4 Å². The monoisotopic (exact) mass is 410 g/mol. The Morgan fingerprint density at radius 3 is 2.48 bits per heavy atom. The lowest BCUT2D eigenvalue weighted by Gasteiger charge is -2.18. The van der Waals surface area contributed by atoms with Crippen LogP contribution in [0.1, 0.15) is 17.3 Å². The smallest absolute Gasteiger partial charge is 0.321 e. The number of nitrogens with zero attached hydrogens (tertiary/aromatic N) is 3. The fourth-order valence-corrected chi connectivity index (χ4v) is 2.77. The van der Waals surface area contributed by atoms with Gasteiger partial charge in [0.25, 0.3) is 5.91 Å². The molecule has 0 aliphatic heterocycles. The maximum Gasteiger partial charge on any atom is 0.321 e. The number of rotatable bonds is 6. The highest BCUT2D eigenvalue weighted by Gasteiger charge is 2.20. The third-order valence-electron chi connectivity index (χ3n) is 3.96. The van der Waals surface area contributed by atoms with Crippen LogP contribution in [0.2, 0.25) is 5.02 Å². The SMILES string of the molecule is CCN(C(N)=O)c1ncc(C(=O)Nc2cccc(Cl)c2)c(Nc2ccccc2)n1. The average Bonchev–Trinajstić information content (AvgIpc) is 2.69. The zero-order valence-electron chi connectivity index (χ0n) is 15.6. The third kappa shape index (κ3) is 4.99. The largest absolute Gasteiger partial charge is 0.351 e. The molecule has 0 saturated carbocycles. The summed E-state index contributed by atoms with van der Waals surface area (Å²) in [7, 11) is 0. The molecule has 0 radical (unpaired) electrons. The van der Waals surface area contributed by atoms with Gasteiger partial charge in [0.2, 0.25) is 5.95 Å². The molecule has 8 nitrogen and oxygen atoms in total. The summed E-state index contributed by atoms with van der Waals surface area (Å²) in [6.45, 7) is 2.03. The van der Waals surface area contributed by atoms with Crippen LogP contribution in [0, 0.1) is 0 Å². The van der Waals surface area contributed by atoms with E-state index in [9.17, 15) is 9.59 Å². The first-order chi connectivity index (χ1) is 14.0. The highest BCUT2D eigenvalue weighted by molar-refractivity contribution is 6.31. The molecule has 148 valence electrons. The molecule has 3 amide bonds. The number of hydrogen-bond acceptors (Lipinski definition) is 5. The van der Waals surface area contributed by atoms with Crippen LogP contribution >= 0.6 is 11.6 Å². The number of benzene rings is 2. The first kappa shape index (κ1) is 20.1. The normalized spacial score (nSPS) is 10.3. The van der Waals surface area contributed by atoms with Crippen LogP contribution in [0.15, 0.2) is 60.8 Å². The number of hydrogen-bond donors (Lipinski definition) is 3. The summed E-state index contributed by atoms with van der Waals surface area (Å²) in [5.41, 5.74) is 6.83. The van der Waals surface area contributed by atoms with Crippen molar-refractivity contribution in [2.24, 2.45) is 5.73 Å². The van der Waals surface area contributed by atoms with Gasteiger partial charge in [0.1, 0.15) is 11.4 Å². The number of halogens is 1. The molecular weight excluding hydrogens is 392 g/mol. The predicted octanol–water partition coefficient (Wildman–Crippen LogP) is 4.03. The van der Waals surface area contributed by atoms with Crippen molar-refractivity contribution in [1.82, 2.24) is 9.97 Å². The molecule has 1 aromatic heterocycles. The molecule has 0 aliphatic rings. The molecule has 0 fully saturated rings. The van der Waals surface area contributed by atoms with Gasteiger partial charge in [-0.25, -0.2) is 9.78 Å². The number of carbonyl (C=O) groups is 2. The Bertz CT molecular complexity index is 1030. The molecule has 0 saturated heterocycles. The van der Waals surface area contributed by atoms with E-state index < -0.39 is 11.9 Å². The highest BCUT2D eigenvalue weighted by Crippen LogP contribution is 2.23. The van der Waals surface area contributed by atoms with Gasteiger partial charge in [-0.3, -0.25) is 9.69 Å². The third-order valence-corrected chi connectivity index (χ3v) is 4.20. The average molecular weight is 411 g/mol. The number of para-hydroxylation sites is 1. The number of aromatic nitrogens is 2. The van der Waals surface area contributed by atoms with Crippen LogP contribution in [0.4, 0.5) is 27.9 Å². The van der Waals surface area contributed by atoms with Crippen LogP contribution in [0.3, 0.4) is 0 Å². The van der Waals surface area contributed by atoms with Crippen LogP contribution in [0.5, 0.6) is 0 Å². The number of carbonyl (C=O) groups excluding carboxylic acids is 2. The van der Waals surface area contributed by atoms with Crippen molar-refractivity contribution in [3.05, 3.63) is 71.4 Å². The minimum atomic E-state index is -0.686. The van der Waals surface area contributed by atoms with Crippen LogP contribution < -0.4 is 21.3 Å². The number of amides is 3. The standard InChI is InChI=1S/C20H19ClN6O2/c1-2-27(19(22)29)20-23-12-16(17(26-20)24-14-8-4-3-5-9-14)18(28)25-15-10-6-7-13(21)11-15/h3-12H,2H2,1H3,(H2,22,29)(H,25,28)(H,23,24,26). The van der Waals surface area contributed by atoms with Crippen LogP contribution in [-0.4, -0.2) is 28.5 Å². The summed E-state index contributed by atoms with van der Waals surface area (Å²) in [6.07, 6.45) is 1.35. The van der Waals surface area contributed by atoms with Crippen molar-refractivity contribution in [2.45, 2.75) is 6.92 Å². The van der Waals surface area contributed by atoms with Gasteiger partial charge in [-0.05, 0) is 37.3 Å². The Hall–Kier alpha value is -3.65. The van der Waals surface area contributed by atoms with E-state index in [-0.39, 0.29) is 23.9 Å². The molecule has 3 rings (SSSR count). The number of urea groups is 1. The molecule has 0 aliphatic carbocycles. The molecule has 2 aromatic carbocycles. The molecule has 1 heterocycles. The van der Waals surface area contributed by atoms with Gasteiger partial charge >= 0.3 is 6.03 Å². The molecule has 29 heavy (non-hydrogen) atoms. The molecule has 4 N–H and O–H groups in total. The van der Waals surface area contributed by atoms with Gasteiger partial charge in [-0.1, -0.05) is 35.9 Å². The summed E-state index contributed by atoms with van der Waals surface area (Å²) < 4.78 is 0. The van der Waals surface area contributed by atoms with Gasteiger partial charge in [-0.2, -0.15) is 4.98 Å². The van der Waals surface area contributed by atoms with Crippen molar-refractivity contribution in [3.8, 4) is 0 Å². The van der Waals surface area contributed by atoms with E-state index in [0.717, 1.165) is 5.69 Å². The van der Waals surface area contributed by atoms with Crippen LogP contribution in [0.25, 0.3) is 0 Å². The first-order valence-electron chi connectivity index (χ1n) is 8.81. The Morgan fingerprint density at radius 1 is 1.10 bits per heavy atom. The van der Waals surface area contributed by atoms with E-state index in [1.54, 1.807) is 31.2 Å². The van der Waals surface area contributed by atoms with Gasteiger partial charge in [0.05, 0.1) is 0 Å². The molecular formula is C20H19ClN6O2. The second kappa shape index (κ2) is 9.03. The summed E-state index contributed by atoms with van der Waals surface area (Å²) in [5, 5.41) is 6.35. The molecule has 0 unspecified atom stereocenters. The minimum Gasteiger partial charge on any atom is -0.351 e. The van der Waals surface area contributed by atoms with E-state index in [1.165, 1.54) is 11.1 Å². The van der Waals surface area contributed by atoms with Crippen molar-refractivity contribution in [2.75, 3.05) is 22.1 Å². The number of primary amides is 1. The maximum atomic E-state index is 12.8. The molecule has 0 spiro atoms. The fourth-order valence-electron chi connectivity index (χ4n) is 2.58. The van der Waals surface area contributed by atoms with Crippen molar-refractivity contribution >= 4 is 46.7 Å². The van der Waals surface area contributed by atoms with E-state index in [2.05, 4.69) is 20.6 Å². The lowest BCUT2D eigenvalue weighted by molar-refractivity contribution is 0.102. The van der Waals surface area contributed by atoms with E-state index in [1.807, 2.05) is 30.3 Å². The Balaban J connectivity index is 1.97. The Kier molecular flexibility index (Phi) is 6.25. The number of nitrogens with two attached hydrogens (primary N) is 1. The second-order valence-electron chi connectivity index (χ2n) is 5.97. The zero-order valence-corrected chi connectivity index (χ0v) is 16.3. The van der Waals surface area contributed by atoms with Gasteiger partial charge in [0, 0.05) is 29.1 Å². The Morgan fingerprint density at radius 2 is 1.83 bits per heavy atom. The van der Waals surface area contributed by atoms with E-state index in [0.29, 0.717) is 10.7 Å². The summed E-state index contributed by atoms with van der Waals surface area (Å²) in [4.78, 5) is 34.2. The summed E-state index contributed by atoms with van der Waals surface area (Å²) in [6, 6.07) is 15.3. The molecule has 0 atom stereocenters. The van der Waals surface area contributed by atoms with Crippen molar-refractivity contribution in [3.63, 3.8) is 0 Å². The van der Waals surface area contributed by atoms with Crippen molar-refractivity contribution in [1.29, 1.82) is 0 Å². The van der Waals surface area contributed by atoms with E-state index >= 15 is 0 Å². The lowest BCUT2D eigenvalue weighted by Crippen LogP contribution is -2.37. The van der Waals surface area contributed by atoms with Crippen LogP contribution in [-0.2, 0) is 0 Å². The van der Waals surface area contributed by atoms with Gasteiger partial charge in [-0.15, -0.1) is 0 Å². The number of nitrogens with one attached hydrogen (secondary N) is 2. The predicted molar refractivity (Wildman–Crippen MR) is 114 cm³/mol. The molecule has 3 aromatic rings. The lowest BCUT2D eigenvalue weighted by atomic mass is 10.2. The topological polar surface area (TPSA) is 113 Å². The fraction of sp³-hybridized carbons (Fsp3) is 0.100. The number of anilines is 4. The molecule has 9 heteroatoms. The minimum absolute atomic E-state index is 0.0951. The quantitative estimate of drug-likeness (QED) is 0.567. The summed E-state index contributed by atoms with van der Waals surface area (Å²) >= 11 is 5.98. The first-order valence-corrected chi connectivity index (χ1v) is 9.18. The van der Waals surface area contributed by atoms with Crippen molar-refractivity contribution < 1.29 is 9.59 Å². The van der Waals surface area contributed by atoms with E-state index in [4.69, 9.17) is 17.3 Å². The second-order valence-corrected chi connectivity index (χ2v) is 6.41. The Labute approximate surface area is 172 Å². The maximum absolute atomic E-state index is 12.8. The molecule has 0 bridgehead atoms. The van der Waals surface area contributed by atoms with Gasteiger partial charge in [0.15, 0.2) is 0 Å². The highest BCUT2D eigenvalue weighted by atomic mass is 35.5. The zero-order chi connectivity index (χ0) is 20.8. The summed E-state index contributed by atoms with van der Waals surface area (Å²) in [5.74, 6) is -0.0995.